The van der Waals surface area contributed by atoms with Crippen molar-refractivity contribution in [1.82, 2.24) is 4.98 Å². The molecule has 1 heterocycles. The van der Waals surface area contributed by atoms with Crippen LogP contribution in [-0.4, -0.2) is 16.0 Å². The molecular weight excluding hydrogens is 336 g/mol. The van der Waals surface area contributed by atoms with E-state index in [1.54, 1.807) is 36.4 Å². The molecular formula is C15H11BrN2O3. The standard InChI is InChI=1S/C15H11BrN2O3/c1-8(19)17-10-3-5-14-12(7-10)18-15(21-14)9-2-4-13(20)11(16)6-9/h2-7,20H,1H3,(H,17,19). The molecule has 6 heteroatoms. The van der Waals surface area contributed by atoms with Crippen molar-refractivity contribution in [2.75, 3.05) is 5.32 Å². The molecule has 106 valence electrons. The molecule has 0 aliphatic rings. The molecule has 5 nitrogen and oxygen atoms in total. The average Bonchev–Trinajstić information content (AvgIpc) is 2.84. The number of amides is 1. The number of phenolic OH excluding ortho intramolecular Hbond substituents is 1. The number of phenols is 1. The fourth-order valence-corrected chi connectivity index (χ4v) is 2.35. The lowest BCUT2D eigenvalue weighted by Gasteiger charge is -1.99. The fraction of sp³-hybridized carbons (Fsp3) is 0.0667. The van der Waals surface area contributed by atoms with Gasteiger partial charge in [-0.05, 0) is 52.3 Å². The third-order valence-electron chi connectivity index (χ3n) is 2.90. The number of nitrogens with one attached hydrogen (secondary N) is 1. The number of hydrogen-bond acceptors (Lipinski definition) is 4. The Morgan fingerprint density at radius 1 is 1.29 bits per heavy atom. The maximum absolute atomic E-state index is 11.1. The molecule has 3 aromatic rings. The summed E-state index contributed by atoms with van der Waals surface area (Å²) in [4.78, 5) is 15.5. The van der Waals surface area contributed by atoms with Gasteiger partial charge < -0.3 is 14.8 Å². The van der Waals surface area contributed by atoms with Gasteiger partial charge in [0.2, 0.25) is 11.8 Å². The lowest BCUT2D eigenvalue weighted by Crippen LogP contribution is -2.05. The van der Waals surface area contributed by atoms with E-state index >= 15 is 0 Å². The Balaban J connectivity index is 2.04. The van der Waals surface area contributed by atoms with Gasteiger partial charge in [0, 0.05) is 18.2 Å². The van der Waals surface area contributed by atoms with E-state index in [1.807, 2.05) is 0 Å². The van der Waals surface area contributed by atoms with Crippen molar-refractivity contribution >= 4 is 38.6 Å². The van der Waals surface area contributed by atoms with Gasteiger partial charge in [-0.2, -0.15) is 0 Å². The van der Waals surface area contributed by atoms with Crippen molar-refractivity contribution in [2.45, 2.75) is 6.92 Å². The molecule has 1 aromatic heterocycles. The number of anilines is 1. The van der Waals surface area contributed by atoms with E-state index in [1.165, 1.54) is 6.92 Å². The minimum Gasteiger partial charge on any atom is -0.507 e. The monoisotopic (exact) mass is 346 g/mol. The molecule has 21 heavy (non-hydrogen) atoms. The van der Waals surface area contributed by atoms with Crippen LogP contribution in [0.25, 0.3) is 22.6 Å². The zero-order valence-corrected chi connectivity index (χ0v) is 12.6. The molecule has 0 aliphatic heterocycles. The lowest BCUT2D eigenvalue weighted by molar-refractivity contribution is -0.114. The highest BCUT2D eigenvalue weighted by atomic mass is 79.9. The summed E-state index contributed by atoms with van der Waals surface area (Å²) in [5.41, 5.74) is 2.70. The molecule has 0 saturated heterocycles. The molecule has 0 bridgehead atoms. The first kappa shape index (κ1) is 13.6. The number of carbonyl (C=O) groups is 1. The van der Waals surface area contributed by atoms with Crippen LogP contribution in [0.5, 0.6) is 5.75 Å². The van der Waals surface area contributed by atoms with Crippen LogP contribution < -0.4 is 5.32 Å². The summed E-state index contributed by atoms with van der Waals surface area (Å²) in [6.45, 7) is 1.45. The Morgan fingerprint density at radius 3 is 2.81 bits per heavy atom. The number of fused-ring (bicyclic) bond motifs is 1. The van der Waals surface area contributed by atoms with Crippen LogP contribution in [0.15, 0.2) is 45.3 Å². The molecule has 2 aromatic carbocycles. The molecule has 0 saturated carbocycles. The van der Waals surface area contributed by atoms with Crippen LogP contribution in [0.2, 0.25) is 0 Å². The number of rotatable bonds is 2. The Hall–Kier alpha value is -2.34. The van der Waals surface area contributed by atoms with Gasteiger partial charge in [0.25, 0.3) is 0 Å². The first-order chi connectivity index (χ1) is 10.0. The average molecular weight is 347 g/mol. The van der Waals surface area contributed by atoms with Gasteiger partial charge in [0.15, 0.2) is 5.58 Å². The number of oxazole rings is 1. The quantitative estimate of drug-likeness (QED) is 0.737. The molecule has 0 unspecified atom stereocenters. The number of aromatic hydroxyl groups is 1. The number of hydrogen-bond donors (Lipinski definition) is 2. The van der Waals surface area contributed by atoms with Gasteiger partial charge in [0.1, 0.15) is 11.3 Å². The van der Waals surface area contributed by atoms with Crippen LogP contribution in [-0.2, 0) is 4.79 Å². The number of benzene rings is 2. The first-order valence-electron chi connectivity index (χ1n) is 6.20. The van der Waals surface area contributed by atoms with Crippen molar-refractivity contribution in [2.24, 2.45) is 0 Å². The Labute approximate surface area is 128 Å². The number of carbonyl (C=O) groups excluding carboxylic acids is 1. The maximum atomic E-state index is 11.1. The Bertz CT molecular complexity index is 842. The highest BCUT2D eigenvalue weighted by Gasteiger charge is 2.10. The van der Waals surface area contributed by atoms with Crippen LogP contribution >= 0.6 is 15.9 Å². The summed E-state index contributed by atoms with van der Waals surface area (Å²) < 4.78 is 6.25. The summed E-state index contributed by atoms with van der Waals surface area (Å²) >= 11 is 3.26. The van der Waals surface area contributed by atoms with Crippen molar-refractivity contribution in [3.05, 3.63) is 40.9 Å². The van der Waals surface area contributed by atoms with E-state index in [0.717, 1.165) is 5.56 Å². The third-order valence-corrected chi connectivity index (χ3v) is 3.54. The highest BCUT2D eigenvalue weighted by Crippen LogP contribution is 2.31. The Kier molecular flexibility index (Phi) is 3.39. The molecule has 0 fully saturated rings. The van der Waals surface area contributed by atoms with Gasteiger partial charge >= 0.3 is 0 Å². The molecule has 3 rings (SSSR count). The van der Waals surface area contributed by atoms with Crippen molar-refractivity contribution < 1.29 is 14.3 Å². The third kappa shape index (κ3) is 2.75. The summed E-state index contributed by atoms with van der Waals surface area (Å²) in [5.74, 6) is 0.467. The number of nitrogens with zero attached hydrogens (tertiary/aromatic N) is 1. The number of halogens is 1. The summed E-state index contributed by atoms with van der Waals surface area (Å²) in [5, 5.41) is 12.2. The first-order valence-corrected chi connectivity index (χ1v) is 6.99. The van der Waals surface area contributed by atoms with E-state index in [-0.39, 0.29) is 11.7 Å². The van der Waals surface area contributed by atoms with Crippen LogP contribution in [0.3, 0.4) is 0 Å². The second-order valence-corrected chi connectivity index (χ2v) is 5.40. The molecule has 1 amide bonds. The second-order valence-electron chi connectivity index (χ2n) is 4.55. The molecule has 0 radical (unpaired) electrons. The predicted molar refractivity (Wildman–Crippen MR) is 83.1 cm³/mol. The normalized spacial score (nSPS) is 10.8. The molecule has 0 spiro atoms. The van der Waals surface area contributed by atoms with E-state index in [2.05, 4.69) is 26.2 Å². The van der Waals surface area contributed by atoms with Gasteiger partial charge in [-0.1, -0.05) is 0 Å². The van der Waals surface area contributed by atoms with Gasteiger partial charge in [-0.3, -0.25) is 4.79 Å². The summed E-state index contributed by atoms with van der Waals surface area (Å²) in [7, 11) is 0. The van der Waals surface area contributed by atoms with Crippen LogP contribution in [0.4, 0.5) is 5.69 Å². The van der Waals surface area contributed by atoms with E-state index < -0.39 is 0 Å². The fourth-order valence-electron chi connectivity index (χ4n) is 1.97. The topological polar surface area (TPSA) is 75.4 Å². The van der Waals surface area contributed by atoms with Crippen molar-refractivity contribution in [3.63, 3.8) is 0 Å². The van der Waals surface area contributed by atoms with Crippen LogP contribution in [0.1, 0.15) is 6.92 Å². The van der Waals surface area contributed by atoms with Crippen LogP contribution in [0, 0.1) is 0 Å². The van der Waals surface area contributed by atoms with Gasteiger partial charge in [0.05, 0.1) is 4.47 Å². The minimum atomic E-state index is -0.138. The summed E-state index contributed by atoms with van der Waals surface area (Å²) in [6, 6.07) is 10.3. The smallest absolute Gasteiger partial charge is 0.227 e. The lowest BCUT2D eigenvalue weighted by atomic mass is 10.2. The summed E-state index contributed by atoms with van der Waals surface area (Å²) in [6.07, 6.45) is 0. The molecule has 2 N–H and O–H groups in total. The zero-order chi connectivity index (χ0) is 15.0. The highest BCUT2D eigenvalue weighted by molar-refractivity contribution is 9.10. The minimum absolute atomic E-state index is 0.138. The molecule has 0 atom stereocenters. The van der Waals surface area contributed by atoms with E-state index in [9.17, 15) is 9.90 Å². The maximum Gasteiger partial charge on any atom is 0.227 e. The molecule has 0 aliphatic carbocycles. The van der Waals surface area contributed by atoms with Gasteiger partial charge in [-0.15, -0.1) is 0 Å². The van der Waals surface area contributed by atoms with Crippen molar-refractivity contribution in [1.29, 1.82) is 0 Å². The van der Waals surface area contributed by atoms with Gasteiger partial charge in [-0.25, -0.2) is 4.98 Å². The van der Waals surface area contributed by atoms with E-state index in [4.69, 9.17) is 4.42 Å². The van der Waals surface area contributed by atoms with Crippen molar-refractivity contribution in [3.8, 4) is 17.2 Å². The second kappa shape index (κ2) is 5.21. The largest absolute Gasteiger partial charge is 0.507 e. The zero-order valence-electron chi connectivity index (χ0n) is 11.1. The predicted octanol–water partition coefficient (Wildman–Crippen LogP) is 3.92. The van der Waals surface area contributed by atoms with E-state index in [0.29, 0.717) is 27.2 Å². The number of aromatic nitrogens is 1. The SMILES string of the molecule is CC(=O)Nc1ccc2oc(-c3ccc(O)c(Br)c3)nc2c1. The Morgan fingerprint density at radius 2 is 2.10 bits per heavy atom.